The van der Waals surface area contributed by atoms with Gasteiger partial charge in [0.25, 0.3) is 0 Å². The maximum absolute atomic E-state index is 12.9. The van der Waals surface area contributed by atoms with E-state index in [0.29, 0.717) is 9.92 Å². The van der Waals surface area contributed by atoms with E-state index >= 15 is 0 Å². The summed E-state index contributed by atoms with van der Waals surface area (Å²) in [5.41, 5.74) is 4.00. The molecule has 0 saturated carbocycles. The number of amidine groups is 1. The molecule has 0 spiro atoms. The van der Waals surface area contributed by atoms with Crippen molar-refractivity contribution in [2.45, 2.75) is 16.1 Å². The SMILES string of the molecule is N=C(N)c1cc(Sc2ncccc2Br)ccc1C(F)(F)F. The first-order chi connectivity index (χ1) is 9.79. The van der Waals surface area contributed by atoms with Gasteiger partial charge in [0.2, 0.25) is 0 Å². The molecule has 21 heavy (non-hydrogen) atoms. The molecule has 2 rings (SSSR count). The van der Waals surface area contributed by atoms with Crippen LogP contribution in [0.4, 0.5) is 13.2 Å². The zero-order chi connectivity index (χ0) is 15.6. The van der Waals surface area contributed by atoms with Gasteiger partial charge in [-0.1, -0.05) is 11.8 Å². The Balaban J connectivity index is 2.42. The van der Waals surface area contributed by atoms with E-state index in [9.17, 15) is 13.2 Å². The van der Waals surface area contributed by atoms with Crippen molar-refractivity contribution < 1.29 is 13.2 Å². The van der Waals surface area contributed by atoms with Crippen LogP contribution in [0.1, 0.15) is 11.1 Å². The van der Waals surface area contributed by atoms with Crippen molar-refractivity contribution in [2.75, 3.05) is 0 Å². The predicted octanol–water partition coefficient (Wildman–Crippen LogP) is 4.30. The number of hydrogen-bond donors (Lipinski definition) is 2. The van der Waals surface area contributed by atoms with Crippen molar-refractivity contribution >= 4 is 33.5 Å². The molecule has 1 aromatic carbocycles. The fraction of sp³-hybridized carbons (Fsp3) is 0.0769. The van der Waals surface area contributed by atoms with Crippen LogP contribution in [0.5, 0.6) is 0 Å². The minimum atomic E-state index is -4.55. The molecular formula is C13H9BrF3N3S. The van der Waals surface area contributed by atoms with Gasteiger partial charge in [-0.15, -0.1) is 0 Å². The number of nitrogens with two attached hydrogens (primary N) is 1. The Morgan fingerprint density at radius 3 is 2.57 bits per heavy atom. The van der Waals surface area contributed by atoms with Gasteiger partial charge in [0.05, 0.1) is 10.0 Å². The smallest absolute Gasteiger partial charge is 0.384 e. The minimum Gasteiger partial charge on any atom is -0.384 e. The maximum Gasteiger partial charge on any atom is 0.417 e. The van der Waals surface area contributed by atoms with Gasteiger partial charge < -0.3 is 5.73 Å². The summed E-state index contributed by atoms with van der Waals surface area (Å²) >= 11 is 4.50. The van der Waals surface area contributed by atoms with Crippen molar-refractivity contribution in [1.29, 1.82) is 5.41 Å². The monoisotopic (exact) mass is 375 g/mol. The highest BCUT2D eigenvalue weighted by atomic mass is 79.9. The first-order valence-corrected chi connectivity index (χ1v) is 7.24. The van der Waals surface area contributed by atoms with E-state index in [1.165, 1.54) is 23.9 Å². The Kier molecular flexibility index (Phi) is 4.58. The lowest BCUT2D eigenvalue weighted by atomic mass is 10.1. The minimum absolute atomic E-state index is 0.334. The van der Waals surface area contributed by atoms with Crippen molar-refractivity contribution in [3.05, 3.63) is 52.1 Å². The maximum atomic E-state index is 12.9. The third kappa shape index (κ3) is 3.76. The van der Waals surface area contributed by atoms with Gasteiger partial charge in [-0.25, -0.2) is 4.98 Å². The molecule has 1 aromatic heterocycles. The second-order valence-corrected chi connectivity index (χ2v) is 5.93. The van der Waals surface area contributed by atoms with E-state index in [1.54, 1.807) is 18.3 Å². The lowest BCUT2D eigenvalue weighted by molar-refractivity contribution is -0.137. The quantitative estimate of drug-likeness (QED) is 0.620. The van der Waals surface area contributed by atoms with Crippen LogP contribution in [0.3, 0.4) is 0 Å². The number of halogens is 4. The van der Waals surface area contributed by atoms with Gasteiger partial charge in [0.1, 0.15) is 10.9 Å². The molecule has 0 amide bonds. The fourth-order valence-electron chi connectivity index (χ4n) is 1.61. The number of aromatic nitrogens is 1. The summed E-state index contributed by atoms with van der Waals surface area (Å²) in [6, 6.07) is 7.03. The van der Waals surface area contributed by atoms with E-state index in [-0.39, 0.29) is 5.56 Å². The summed E-state index contributed by atoms with van der Waals surface area (Å²) in [5.74, 6) is -0.620. The van der Waals surface area contributed by atoms with Crippen LogP contribution in [0.25, 0.3) is 0 Å². The number of nitrogens with one attached hydrogen (secondary N) is 1. The van der Waals surface area contributed by atoms with Crippen LogP contribution < -0.4 is 5.73 Å². The van der Waals surface area contributed by atoms with Gasteiger partial charge in [0.15, 0.2) is 0 Å². The molecule has 0 radical (unpaired) electrons. The Hall–Kier alpha value is -1.54. The van der Waals surface area contributed by atoms with Crippen LogP contribution in [-0.4, -0.2) is 10.8 Å². The van der Waals surface area contributed by atoms with Crippen LogP contribution in [0.15, 0.2) is 50.9 Å². The normalized spacial score (nSPS) is 11.4. The van der Waals surface area contributed by atoms with Crippen LogP contribution in [0.2, 0.25) is 0 Å². The van der Waals surface area contributed by atoms with Gasteiger partial charge in [0, 0.05) is 16.7 Å². The molecule has 0 aliphatic carbocycles. The zero-order valence-corrected chi connectivity index (χ0v) is 12.8. The molecule has 2 aromatic rings. The summed E-state index contributed by atoms with van der Waals surface area (Å²) in [6.07, 6.45) is -2.96. The van der Waals surface area contributed by atoms with E-state index in [4.69, 9.17) is 11.1 Å². The molecule has 1 heterocycles. The molecule has 3 N–H and O–H groups in total. The highest BCUT2D eigenvalue weighted by Crippen LogP contribution is 2.36. The number of alkyl halides is 3. The average molecular weight is 376 g/mol. The van der Waals surface area contributed by atoms with Gasteiger partial charge in [-0.05, 0) is 46.3 Å². The van der Waals surface area contributed by atoms with Crippen molar-refractivity contribution in [2.24, 2.45) is 5.73 Å². The van der Waals surface area contributed by atoms with Crippen molar-refractivity contribution in [3.8, 4) is 0 Å². The highest BCUT2D eigenvalue weighted by Gasteiger charge is 2.34. The molecule has 0 aliphatic rings. The second kappa shape index (κ2) is 6.07. The Bertz CT molecular complexity index is 689. The molecule has 0 atom stereocenters. The van der Waals surface area contributed by atoms with Crippen molar-refractivity contribution in [3.63, 3.8) is 0 Å². The zero-order valence-electron chi connectivity index (χ0n) is 10.4. The molecule has 0 saturated heterocycles. The lowest BCUT2D eigenvalue weighted by Crippen LogP contribution is -2.18. The Morgan fingerprint density at radius 1 is 1.29 bits per heavy atom. The largest absolute Gasteiger partial charge is 0.417 e. The highest BCUT2D eigenvalue weighted by molar-refractivity contribution is 9.10. The number of nitrogens with zero attached hydrogens (tertiary/aromatic N) is 1. The first kappa shape index (κ1) is 15.8. The second-order valence-electron chi connectivity index (χ2n) is 4.01. The van der Waals surface area contributed by atoms with E-state index in [2.05, 4.69) is 20.9 Å². The van der Waals surface area contributed by atoms with Crippen LogP contribution in [-0.2, 0) is 6.18 Å². The summed E-state index contributed by atoms with van der Waals surface area (Å²) in [7, 11) is 0. The van der Waals surface area contributed by atoms with E-state index in [0.717, 1.165) is 10.5 Å². The molecule has 3 nitrogen and oxygen atoms in total. The topological polar surface area (TPSA) is 62.8 Å². The van der Waals surface area contributed by atoms with Crippen molar-refractivity contribution in [1.82, 2.24) is 4.98 Å². The number of nitrogen functional groups attached to an aromatic ring is 1. The summed E-state index contributed by atoms with van der Waals surface area (Å²) in [4.78, 5) is 4.65. The van der Waals surface area contributed by atoms with Crippen LogP contribution >= 0.6 is 27.7 Å². The Labute approximate surface area is 131 Å². The summed E-state index contributed by atoms with van der Waals surface area (Å²) in [6.45, 7) is 0. The predicted molar refractivity (Wildman–Crippen MR) is 78.5 cm³/mol. The standard InChI is InChI=1S/C13H9BrF3N3S/c14-10-2-1-5-20-12(10)21-7-3-4-9(13(15,16)17)8(6-7)11(18)19/h1-6H,(H3,18,19). The van der Waals surface area contributed by atoms with Gasteiger partial charge in [-0.3, -0.25) is 5.41 Å². The molecule has 0 fully saturated rings. The average Bonchev–Trinajstić information content (AvgIpc) is 2.40. The van der Waals surface area contributed by atoms with E-state index in [1.807, 2.05) is 0 Å². The Morgan fingerprint density at radius 2 is 2.00 bits per heavy atom. The number of pyridine rings is 1. The molecule has 8 heteroatoms. The number of hydrogen-bond acceptors (Lipinski definition) is 3. The molecule has 0 aliphatic heterocycles. The molecular weight excluding hydrogens is 367 g/mol. The number of benzene rings is 1. The van der Waals surface area contributed by atoms with Crippen LogP contribution in [0, 0.1) is 5.41 Å². The molecule has 110 valence electrons. The third-order valence-corrected chi connectivity index (χ3v) is 4.44. The number of rotatable bonds is 3. The summed E-state index contributed by atoms with van der Waals surface area (Å²) in [5, 5.41) is 7.94. The molecule has 0 unspecified atom stereocenters. The first-order valence-electron chi connectivity index (χ1n) is 5.63. The van der Waals surface area contributed by atoms with Gasteiger partial charge in [-0.2, -0.15) is 13.2 Å². The lowest BCUT2D eigenvalue weighted by Gasteiger charge is -2.13. The fourth-order valence-corrected chi connectivity index (χ4v) is 2.93. The summed E-state index contributed by atoms with van der Waals surface area (Å²) < 4.78 is 39.3. The third-order valence-electron chi connectivity index (χ3n) is 2.53. The molecule has 0 bridgehead atoms. The van der Waals surface area contributed by atoms with E-state index < -0.39 is 17.6 Å². The van der Waals surface area contributed by atoms with Gasteiger partial charge >= 0.3 is 6.18 Å².